The molecule has 2 heterocycles. The fourth-order valence-corrected chi connectivity index (χ4v) is 3.29. The summed E-state index contributed by atoms with van der Waals surface area (Å²) in [5.41, 5.74) is 0.402. The molecule has 0 saturated carbocycles. The third kappa shape index (κ3) is 3.37. The van der Waals surface area contributed by atoms with Crippen molar-refractivity contribution < 1.29 is 12.8 Å². The number of nitrogens with one attached hydrogen (secondary N) is 1. The number of furan rings is 1. The summed E-state index contributed by atoms with van der Waals surface area (Å²) >= 11 is 0. The molecule has 0 bridgehead atoms. The van der Waals surface area contributed by atoms with Gasteiger partial charge in [0.1, 0.15) is 11.8 Å². The van der Waals surface area contributed by atoms with Gasteiger partial charge in [-0.25, -0.2) is 13.1 Å². The van der Waals surface area contributed by atoms with E-state index in [-0.39, 0.29) is 11.4 Å². The van der Waals surface area contributed by atoms with E-state index in [4.69, 9.17) is 9.68 Å². The fraction of sp³-hybridized carbons (Fsp3) is 0.125. The van der Waals surface area contributed by atoms with Crippen molar-refractivity contribution in [1.29, 1.82) is 5.26 Å². The number of rotatable bonds is 6. The van der Waals surface area contributed by atoms with Crippen LogP contribution < -0.4 is 4.72 Å². The fourth-order valence-electron chi connectivity index (χ4n) is 2.25. The normalized spacial score (nSPS) is 12.6. The van der Waals surface area contributed by atoms with Gasteiger partial charge in [0.2, 0.25) is 10.0 Å². The van der Waals surface area contributed by atoms with E-state index in [1.165, 1.54) is 30.5 Å². The average molecular weight is 342 g/mol. The molecule has 0 spiro atoms. The van der Waals surface area contributed by atoms with Gasteiger partial charge in [-0.1, -0.05) is 0 Å². The molecular formula is C16H14N4O3S. The van der Waals surface area contributed by atoms with E-state index in [9.17, 15) is 8.42 Å². The standard InChI is InChI=1S/C16H14N4O3S/c17-11-13-4-6-14(7-5-13)24(21,22)19-12-15(16-3-1-10-23-16)20-9-2-8-18-20/h1-10,15,19H,12H2. The number of benzene rings is 1. The van der Waals surface area contributed by atoms with E-state index in [1.807, 2.05) is 6.07 Å². The Balaban J connectivity index is 1.80. The van der Waals surface area contributed by atoms with Crippen molar-refractivity contribution in [2.45, 2.75) is 10.9 Å². The van der Waals surface area contributed by atoms with E-state index >= 15 is 0 Å². The highest BCUT2D eigenvalue weighted by molar-refractivity contribution is 7.89. The molecule has 3 rings (SSSR count). The summed E-state index contributed by atoms with van der Waals surface area (Å²) in [7, 11) is -3.70. The zero-order valence-electron chi connectivity index (χ0n) is 12.5. The van der Waals surface area contributed by atoms with Gasteiger partial charge in [-0.3, -0.25) is 4.68 Å². The predicted molar refractivity (Wildman–Crippen MR) is 85.4 cm³/mol. The van der Waals surface area contributed by atoms with Crippen LogP contribution >= 0.6 is 0 Å². The maximum absolute atomic E-state index is 12.4. The molecule has 2 aromatic heterocycles. The number of nitriles is 1. The van der Waals surface area contributed by atoms with E-state index in [1.54, 1.807) is 35.3 Å². The molecule has 24 heavy (non-hydrogen) atoms. The Labute approximate surface area is 139 Å². The molecule has 0 fully saturated rings. The summed E-state index contributed by atoms with van der Waals surface area (Å²) in [6.45, 7) is 0.0809. The molecule has 0 aliphatic heterocycles. The third-order valence-electron chi connectivity index (χ3n) is 3.48. The summed E-state index contributed by atoms with van der Waals surface area (Å²) in [4.78, 5) is 0.0974. The molecule has 3 aromatic rings. The van der Waals surface area contributed by atoms with E-state index < -0.39 is 16.1 Å². The Bertz CT molecular complexity index is 890. The van der Waals surface area contributed by atoms with Crippen molar-refractivity contribution in [1.82, 2.24) is 14.5 Å². The van der Waals surface area contributed by atoms with E-state index in [0.29, 0.717) is 11.3 Å². The van der Waals surface area contributed by atoms with Crippen LogP contribution in [0.3, 0.4) is 0 Å². The smallest absolute Gasteiger partial charge is 0.240 e. The van der Waals surface area contributed by atoms with Crippen LogP contribution in [0.2, 0.25) is 0 Å². The number of hydrogen-bond acceptors (Lipinski definition) is 5. The molecule has 1 unspecified atom stereocenters. The van der Waals surface area contributed by atoms with Gasteiger partial charge in [-0.15, -0.1) is 0 Å². The minimum absolute atomic E-state index is 0.0809. The zero-order chi connectivity index (χ0) is 17.0. The molecule has 0 aliphatic carbocycles. The van der Waals surface area contributed by atoms with Crippen molar-refractivity contribution >= 4 is 10.0 Å². The Morgan fingerprint density at radius 1 is 1.25 bits per heavy atom. The highest BCUT2D eigenvalue weighted by Crippen LogP contribution is 2.18. The van der Waals surface area contributed by atoms with Gasteiger partial charge >= 0.3 is 0 Å². The summed E-state index contributed by atoms with van der Waals surface area (Å²) in [6.07, 6.45) is 4.88. The SMILES string of the molecule is N#Cc1ccc(S(=O)(=O)NCC(c2ccco2)n2cccn2)cc1. The summed E-state index contributed by atoms with van der Waals surface area (Å²) < 4.78 is 34.4. The Hall–Kier alpha value is -2.89. The molecule has 0 saturated heterocycles. The molecule has 1 N–H and O–H groups in total. The molecular weight excluding hydrogens is 328 g/mol. The lowest BCUT2D eigenvalue weighted by Crippen LogP contribution is -2.31. The lowest BCUT2D eigenvalue weighted by atomic mass is 10.2. The lowest BCUT2D eigenvalue weighted by molar-refractivity contribution is 0.402. The minimum atomic E-state index is -3.70. The largest absolute Gasteiger partial charge is 0.467 e. The van der Waals surface area contributed by atoms with Crippen LogP contribution in [0.15, 0.2) is 70.4 Å². The van der Waals surface area contributed by atoms with Crippen LogP contribution in [0.1, 0.15) is 17.4 Å². The minimum Gasteiger partial charge on any atom is -0.467 e. The van der Waals surface area contributed by atoms with Gasteiger partial charge in [0.15, 0.2) is 0 Å². The molecule has 0 amide bonds. The number of hydrogen-bond donors (Lipinski definition) is 1. The first kappa shape index (κ1) is 16.0. The number of sulfonamides is 1. The van der Waals surface area contributed by atoms with Crippen LogP contribution in [0.5, 0.6) is 0 Å². The van der Waals surface area contributed by atoms with E-state index in [0.717, 1.165) is 0 Å². The van der Waals surface area contributed by atoms with Crippen molar-refractivity contribution in [3.8, 4) is 6.07 Å². The monoisotopic (exact) mass is 342 g/mol. The lowest BCUT2D eigenvalue weighted by Gasteiger charge is -2.16. The second kappa shape index (κ2) is 6.70. The maximum atomic E-state index is 12.4. The van der Waals surface area contributed by atoms with Gasteiger partial charge in [0.25, 0.3) is 0 Å². The zero-order valence-corrected chi connectivity index (χ0v) is 13.3. The van der Waals surface area contributed by atoms with Crippen LogP contribution in [0.25, 0.3) is 0 Å². The molecule has 1 atom stereocenters. The maximum Gasteiger partial charge on any atom is 0.240 e. The number of aromatic nitrogens is 2. The molecule has 122 valence electrons. The van der Waals surface area contributed by atoms with Crippen LogP contribution in [0.4, 0.5) is 0 Å². The third-order valence-corrected chi connectivity index (χ3v) is 4.92. The second-order valence-corrected chi connectivity index (χ2v) is 6.77. The Morgan fingerprint density at radius 3 is 2.62 bits per heavy atom. The highest BCUT2D eigenvalue weighted by atomic mass is 32.2. The van der Waals surface area contributed by atoms with E-state index in [2.05, 4.69) is 9.82 Å². The molecule has 8 heteroatoms. The number of nitrogens with zero attached hydrogens (tertiary/aromatic N) is 3. The topological polar surface area (TPSA) is 101 Å². The van der Waals surface area contributed by atoms with Crippen molar-refractivity contribution in [2.24, 2.45) is 0 Å². The van der Waals surface area contributed by atoms with Crippen molar-refractivity contribution in [2.75, 3.05) is 6.54 Å². The van der Waals surface area contributed by atoms with Gasteiger partial charge < -0.3 is 4.42 Å². The van der Waals surface area contributed by atoms with Gasteiger partial charge in [-0.05, 0) is 42.5 Å². The highest BCUT2D eigenvalue weighted by Gasteiger charge is 2.21. The van der Waals surface area contributed by atoms with Crippen LogP contribution in [0, 0.1) is 11.3 Å². The van der Waals surface area contributed by atoms with Crippen LogP contribution in [-0.2, 0) is 10.0 Å². The van der Waals surface area contributed by atoms with Gasteiger partial charge in [0, 0.05) is 18.9 Å². The van der Waals surface area contributed by atoms with Gasteiger partial charge in [-0.2, -0.15) is 10.4 Å². The molecule has 0 aliphatic rings. The Morgan fingerprint density at radius 2 is 2.04 bits per heavy atom. The first-order chi connectivity index (χ1) is 11.6. The molecule has 0 radical (unpaired) electrons. The summed E-state index contributed by atoms with van der Waals surface area (Å²) in [5, 5.41) is 12.9. The molecule has 1 aromatic carbocycles. The quantitative estimate of drug-likeness (QED) is 0.737. The second-order valence-electron chi connectivity index (χ2n) is 5.01. The average Bonchev–Trinajstić information content (AvgIpc) is 3.29. The van der Waals surface area contributed by atoms with Crippen LogP contribution in [-0.4, -0.2) is 24.7 Å². The Kier molecular flexibility index (Phi) is 4.46. The predicted octanol–water partition coefficient (Wildman–Crippen LogP) is 1.92. The first-order valence-corrected chi connectivity index (χ1v) is 8.61. The first-order valence-electron chi connectivity index (χ1n) is 7.12. The van der Waals surface area contributed by atoms with Crippen molar-refractivity contribution in [3.63, 3.8) is 0 Å². The molecule has 7 nitrogen and oxygen atoms in total. The summed E-state index contributed by atoms with van der Waals surface area (Å²) in [6, 6.07) is 12.5. The van der Waals surface area contributed by atoms with Crippen molar-refractivity contribution in [3.05, 3.63) is 72.4 Å². The van der Waals surface area contributed by atoms with Gasteiger partial charge in [0.05, 0.1) is 22.8 Å². The summed E-state index contributed by atoms with van der Waals surface area (Å²) in [5.74, 6) is 0.598.